The number of aliphatic carboxylic acids is 1. The van der Waals surface area contributed by atoms with Gasteiger partial charge in [-0.25, -0.2) is 0 Å². The number of ether oxygens (including phenoxy) is 1. The smallest absolute Gasteiger partial charge is 0.314 e. The molecule has 2 heterocycles. The maximum Gasteiger partial charge on any atom is 0.314 e. The average Bonchev–Trinajstić information content (AvgIpc) is 3.55. The summed E-state index contributed by atoms with van der Waals surface area (Å²) in [6.07, 6.45) is 4.07. The van der Waals surface area contributed by atoms with Gasteiger partial charge in [0.15, 0.2) is 0 Å². The molecule has 0 bridgehead atoms. The molecule has 0 unspecified atom stereocenters. The fourth-order valence-electron chi connectivity index (χ4n) is 5.46. The maximum atomic E-state index is 12.4. The van der Waals surface area contributed by atoms with Crippen molar-refractivity contribution in [2.75, 3.05) is 6.61 Å². The van der Waals surface area contributed by atoms with Crippen LogP contribution >= 0.6 is 0 Å². The molecule has 1 aliphatic heterocycles. The molecule has 0 spiro atoms. The lowest BCUT2D eigenvalue weighted by Gasteiger charge is -2.25. The van der Waals surface area contributed by atoms with Gasteiger partial charge in [-0.2, -0.15) is 0 Å². The summed E-state index contributed by atoms with van der Waals surface area (Å²) in [7, 11) is 0. The molecule has 154 valence electrons. The van der Waals surface area contributed by atoms with E-state index in [-0.39, 0.29) is 0 Å². The number of hydrogen-bond donors (Lipinski definition) is 1. The Morgan fingerprint density at radius 1 is 1.06 bits per heavy atom. The Morgan fingerprint density at radius 2 is 1.87 bits per heavy atom. The number of aryl methyl sites for hydroxylation is 2. The summed E-state index contributed by atoms with van der Waals surface area (Å²) in [5.74, 6) is 0.146. The molecule has 1 aromatic heterocycles. The van der Waals surface area contributed by atoms with Gasteiger partial charge in [0.25, 0.3) is 0 Å². The summed E-state index contributed by atoms with van der Waals surface area (Å²) < 4.78 is 5.99. The van der Waals surface area contributed by atoms with Gasteiger partial charge < -0.3 is 9.84 Å². The number of pyridine rings is 1. The first-order valence-corrected chi connectivity index (χ1v) is 10.8. The van der Waals surface area contributed by atoms with Crippen LogP contribution in [-0.4, -0.2) is 22.7 Å². The highest BCUT2D eigenvalue weighted by molar-refractivity contribution is 6.10. The molecule has 0 amide bonds. The highest BCUT2D eigenvalue weighted by atomic mass is 16.5. The Labute approximate surface area is 180 Å². The number of benzene rings is 3. The summed E-state index contributed by atoms with van der Waals surface area (Å²) in [6.45, 7) is 4.80. The largest absolute Gasteiger partial charge is 0.493 e. The first kappa shape index (κ1) is 18.4. The van der Waals surface area contributed by atoms with Crippen LogP contribution in [0.2, 0.25) is 0 Å². The van der Waals surface area contributed by atoms with Crippen LogP contribution in [0.5, 0.6) is 5.75 Å². The van der Waals surface area contributed by atoms with Crippen molar-refractivity contribution < 1.29 is 14.6 Å². The Morgan fingerprint density at radius 3 is 2.65 bits per heavy atom. The van der Waals surface area contributed by atoms with Gasteiger partial charge >= 0.3 is 5.97 Å². The van der Waals surface area contributed by atoms with Gasteiger partial charge in [0.1, 0.15) is 5.75 Å². The lowest BCUT2D eigenvalue weighted by atomic mass is 9.79. The Bertz CT molecular complexity index is 1420. The highest BCUT2D eigenvalue weighted by Gasteiger charge is 2.54. The van der Waals surface area contributed by atoms with Gasteiger partial charge in [-0.05, 0) is 77.4 Å². The van der Waals surface area contributed by atoms with Crippen LogP contribution in [0.3, 0.4) is 0 Å². The van der Waals surface area contributed by atoms with Crippen LogP contribution in [-0.2, 0) is 16.6 Å². The van der Waals surface area contributed by atoms with Crippen molar-refractivity contribution >= 4 is 27.6 Å². The number of fused-ring (bicyclic) bond motifs is 1. The standard InChI is InChI=1S/C27H23NO3/c1-15-14-20-22-17(8-12-31-20)7-11-28-25(22)21(15)23-19-6-4-3-5-18(19)13-16(2)24(23)27(9-10-27)26(29)30/h3-7,11,13-14H,8-10,12H2,1-2H3,(H,29,30). The summed E-state index contributed by atoms with van der Waals surface area (Å²) >= 11 is 0. The van der Waals surface area contributed by atoms with E-state index in [0.717, 1.165) is 61.7 Å². The molecule has 4 heteroatoms. The number of aromatic nitrogens is 1. The minimum atomic E-state index is -0.813. The van der Waals surface area contributed by atoms with Crippen LogP contribution in [0.25, 0.3) is 32.8 Å². The van der Waals surface area contributed by atoms with E-state index in [2.05, 4.69) is 37.3 Å². The van der Waals surface area contributed by atoms with Crippen LogP contribution in [0.15, 0.2) is 48.7 Å². The molecule has 0 saturated heterocycles. The molecule has 3 aromatic carbocycles. The molecule has 1 saturated carbocycles. The third-order valence-corrected chi connectivity index (χ3v) is 7.03. The quantitative estimate of drug-likeness (QED) is 0.470. The average molecular weight is 409 g/mol. The maximum absolute atomic E-state index is 12.4. The molecule has 2 aliphatic rings. The molecular weight excluding hydrogens is 386 g/mol. The van der Waals surface area contributed by atoms with E-state index in [1.165, 1.54) is 5.56 Å². The van der Waals surface area contributed by atoms with Crippen molar-refractivity contribution in [1.29, 1.82) is 0 Å². The molecule has 0 radical (unpaired) electrons. The van der Waals surface area contributed by atoms with Gasteiger partial charge in [0.05, 0.1) is 17.5 Å². The lowest BCUT2D eigenvalue weighted by molar-refractivity contribution is -0.140. The van der Waals surface area contributed by atoms with Crippen LogP contribution in [0.1, 0.15) is 35.1 Å². The van der Waals surface area contributed by atoms with E-state index in [0.29, 0.717) is 19.4 Å². The zero-order valence-corrected chi connectivity index (χ0v) is 17.7. The van der Waals surface area contributed by atoms with Gasteiger partial charge in [-0.15, -0.1) is 0 Å². The topological polar surface area (TPSA) is 59.4 Å². The minimum Gasteiger partial charge on any atom is -0.493 e. The zero-order chi connectivity index (χ0) is 21.3. The normalized spacial score (nSPS) is 16.3. The van der Waals surface area contributed by atoms with Crippen molar-refractivity contribution in [2.45, 2.75) is 38.5 Å². The second-order valence-electron chi connectivity index (χ2n) is 8.91. The lowest BCUT2D eigenvalue weighted by Crippen LogP contribution is -2.22. The third-order valence-electron chi connectivity index (χ3n) is 7.03. The minimum absolute atomic E-state index is 0.672. The van der Waals surface area contributed by atoms with Crippen molar-refractivity contribution in [3.63, 3.8) is 0 Å². The predicted molar refractivity (Wildman–Crippen MR) is 122 cm³/mol. The van der Waals surface area contributed by atoms with Gasteiger partial charge in [-0.1, -0.05) is 30.3 Å². The van der Waals surface area contributed by atoms with E-state index >= 15 is 0 Å². The SMILES string of the molecule is Cc1cc2ccccc2c(-c2c(C)cc3c4c(ccnc24)CCO3)c1C1(C(=O)O)CC1. The Balaban J connectivity index is 1.82. The van der Waals surface area contributed by atoms with Crippen molar-refractivity contribution in [3.8, 4) is 16.9 Å². The highest BCUT2D eigenvalue weighted by Crippen LogP contribution is 2.55. The van der Waals surface area contributed by atoms with Gasteiger partial charge in [0, 0.05) is 23.6 Å². The predicted octanol–water partition coefficient (Wildman–Crippen LogP) is 5.72. The molecule has 1 aliphatic carbocycles. The number of carbonyl (C=O) groups is 1. The number of hydrogen-bond acceptors (Lipinski definition) is 3. The number of nitrogens with zero attached hydrogens (tertiary/aromatic N) is 1. The molecule has 4 aromatic rings. The van der Waals surface area contributed by atoms with Crippen molar-refractivity contribution in [2.24, 2.45) is 0 Å². The van der Waals surface area contributed by atoms with Crippen molar-refractivity contribution in [3.05, 3.63) is 70.9 Å². The zero-order valence-electron chi connectivity index (χ0n) is 17.7. The van der Waals surface area contributed by atoms with E-state index in [4.69, 9.17) is 9.72 Å². The van der Waals surface area contributed by atoms with E-state index in [9.17, 15) is 9.90 Å². The molecule has 6 rings (SSSR count). The fourth-order valence-corrected chi connectivity index (χ4v) is 5.46. The molecule has 4 nitrogen and oxygen atoms in total. The first-order chi connectivity index (χ1) is 15.0. The molecule has 1 fully saturated rings. The summed E-state index contributed by atoms with van der Waals surface area (Å²) in [4.78, 5) is 17.3. The Hall–Kier alpha value is -3.40. The van der Waals surface area contributed by atoms with E-state index in [1.54, 1.807) is 0 Å². The number of carboxylic acid groups (broad SMARTS) is 1. The Kier molecular flexibility index (Phi) is 3.73. The molecule has 1 N–H and O–H groups in total. The molecular formula is C27H23NO3. The van der Waals surface area contributed by atoms with Gasteiger partial charge in [-0.3, -0.25) is 9.78 Å². The van der Waals surface area contributed by atoms with Crippen LogP contribution < -0.4 is 4.74 Å². The monoisotopic (exact) mass is 409 g/mol. The van der Waals surface area contributed by atoms with Crippen LogP contribution in [0, 0.1) is 13.8 Å². The number of rotatable bonds is 3. The van der Waals surface area contributed by atoms with Crippen molar-refractivity contribution in [1.82, 2.24) is 4.98 Å². The summed E-state index contributed by atoms with van der Waals surface area (Å²) in [6, 6.07) is 14.6. The second kappa shape index (κ2) is 6.30. The molecule has 0 atom stereocenters. The summed E-state index contributed by atoms with van der Waals surface area (Å²) in [5.41, 5.74) is 6.43. The van der Waals surface area contributed by atoms with Crippen LogP contribution in [0.4, 0.5) is 0 Å². The number of carboxylic acids is 1. The van der Waals surface area contributed by atoms with Gasteiger partial charge in [0.2, 0.25) is 0 Å². The molecule has 31 heavy (non-hydrogen) atoms. The van der Waals surface area contributed by atoms with E-state index in [1.807, 2.05) is 25.3 Å². The first-order valence-electron chi connectivity index (χ1n) is 10.8. The third kappa shape index (κ3) is 2.48. The second-order valence-corrected chi connectivity index (χ2v) is 8.91. The summed E-state index contributed by atoms with van der Waals surface area (Å²) in [5, 5.41) is 13.5. The van der Waals surface area contributed by atoms with E-state index < -0.39 is 11.4 Å². The fraction of sp³-hybridized carbons (Fsp3) is 0.259.